The number of nitrogens with zero attached hydrogens (tertiary/aromatic N) is 6. The van der Waals surface area contributed by atoms with Gasteiger partial charge in [0.25, 0.3) is 0 Å². The van der Waals surface area contributed by atoms with E-state index in [0.717, 1.165) is 80.8 Å². The summed E-state index contributed by atoms with van der Waals surface area (Å²) in [6, 6.07) is 28.7. The number of aliphatic imine (C=N–C) groups is 1. The van der Waals surface area contributed by atoms with E-state index >= 15 is 0 Å². The molecular weight excluding hydrogens is 1170 g/mol. The lowest BCUT2D eigenvalue weighted by molar-refractivity contribution is -0.0505. The Hall–Kier alpha value is -4.61. The average molecular weight is 1230 g/mol. The summed E-state index contributed by atoms with van der Waals surface area (Å²) in [6.07, 6.45) is 0. The molecule has 0 bridgehead atoms. The Morgan fingerprint density at radius 3 is 1.58 bits per heavy atom. The van der Waals surface area contributed by atoms with Crippen molar-refractivity contribution in [3.63, 3.8) is 0 Å². The minimum atomic E-state index is -2.92. The van der Waals surface area contributed by atoms with E-state index in [0.29, 0.717) is 38.6 Å². The van der Waals surface area contributed by atoms with Crippen LogP contribution in [0.2, 0.25) is 0 Å². The third-order valence-electron chi connectivity index (χ3n) is 11.3. The smallest absolute Gasteiger partial charge is 0.387 e. The first kappa shape index (κ1) is 63.7. The number of piperazine rings is 2. The summed E-state index contributed by atoms with van der Waals surface area (Å²) >= 11 is 10.8. The van der Waals surface area contributed by atoms with Gasteiger partial charge in [-0.05, 0) is 143 Å². The number of rotatable bonds is 16. The molecule has 5 aromatic rings. The van der Waals surface area contributed by atoms with Crippen LogP contribution in [0.3, 0.4) is 0 Å². The number of Topliss-reactive ketones (excluding diaryl/α,β-unsaturated/α-hetero) is 1. The maximum atomic E-state index is 12.8. The predicted octanol–water partition coefficient (Wildman–Crippen LogP) is 11.3. The second kappa shape index (κ2) is 32.1. The van der Waals surface area contributed by atoms with Crippen LogP contribution in [0.1, 0.15) is 60.2 Å². The van der Waals surface area contributed by atoms with Gasteiger partial charge in [0.1, 0.15) is 22.2 Å². The van der Waals surface area contributed by atoms with Gasteiger partial charge in [0.05, 0.1) is 5.33 Å². The van der Waals surface area contributed by atoms with Crippen LogP contribution < -0.4 is 41.4 Å². The molecule has 0 radical (unpaired) electrons. The summed E-state index contributed by atoms with van der Waals surface area (Å²) in [5.74, 6) is 0.597. The zero-order chi connectivity index (χ0) is 52.3. The van der Waals surface area contributed by atoms with Crippen LogP contribution in [0.5, 0.6) is 11.5 Å². The highest BCUT2D eigenvalue weighted by Crippen LogP contribution is 2.31. The number of ketones is 2. The lowest BCUT2D eigenvalue weighted by Gasteiger charge is -2.38. The van der Waals surface area contributed by atoms with Crippen molar-refractivity contribution in [3.05, 3.63) is 113 Å². The molecule has 4 aromatic carbocycles. The number of amidine groups is 1. The van der Waals surface area contributed by atoms with Gasteiger partial charge >= 0.3 is 13.2 Å². The van der Waals surface area contributed by atoms with E-state index in [1.165, 1.54) is 71.7 Å². The Balaban J connectivity index is 0.000000315. The van der Waals surface area contributed by atoms with Crippen LogP contribution in [0.15, 0.2) is 102 Å². The van der Waals surface area contributed by atoms with E-state index < -0.39 is 13.2 Å². The molecule has 74 heavy (non-hydrogen) atoms. The number of ether oxygens (including phenoxy) is 2. The SMILES string of the molecule is Br.CC(C)N1CCN(c2ccc(Nc3nc(N)c(C(=O)c4ccc(OC(F)F)cc4)s3)cc2)CC1.CCSC(N)=NC(=S)Nc1ccc(N2CCN(C(C)C)CC2)cc1.O=C(CBr)c1ccc(OC(F)F)cc1.P. The van der Waals surface area contributed by atoms with Crippen LogP contribution in [0.4, 0.5) is 51.3 Å². The minimum Gasteiger partial charge on any atom is -0.435 e. The Morgan fingerprint density at radius 1 is 0.743 bits per heavy atom. The molecule has 2 saturated heterocycles. The van der Waals surface area contributed by atoms with Crippen molar-refractivity contribution in [2.75, 3.05) is 89.6 Å². The van der Waals surface area contributed by atoms with Crippen molar-refractivity contribution in [3.8, 4) is 11.5 Å². The first-order valence-electron chi connectivity index (χ1n) is 23.2. The van der Waals surface area contributed by atoms with E-state index in [4.69, 9.17) is 23.7 Å². The highest BCUT2D eigenvalue weighted by molar-refractivity contribution is 9.09. The highest BCUT2D eigenvalue weighted by Gasteiger charge is 2.22. The number of alkyl halides is 5. The summed E-state index contributed by atoms with van der Waals surface area (Å²) in [7, 11) is 0. The van der Waals surface area contributed by atoms with Gasteiger partial charge in [-0.2, -0.15) is 32.5 Å². The summed E-state index contributed by atoms with van der Waals surface area (Å²) < 4.78 is 56.6. The van der Waals surface area contributed by atoms with Crippen molar-refractivity contribution in [2.45, 2.75) is 59.9 Å². The van der Waals surface area contributed by atoms with Gasteiger partial charge in [0.15, 0.2) is 21.2 Å². The Kier molecular flexibility index (Phi) is 27.6. The van der Waals surface area contributed by atoms with Gasteiger partial charge < -0.3 is 41.4 Å². The number of thiazole rings is 1. The van der Waals surface area contributed by atoms with E-state index in [-0.39, 0.29) is 66.0 Å². The Morgan fingerprint density at radius 2 is 1.18 bits per heavy atom. The molecule has 404 valence electrons. The van der Waals surface area contributed by atoms with E-state index in [9.17, 15) is 27.2 Å². The standard InChI is InChI=1S/C24H27F2N5O2S.C17H27N5S2.C9H7BrF2O2.BrH.H3P/c1-15(2)30-11-13-31(14-12-30)18-7-5-17(6-8-18)28-24-29-22(27)21(34-24)20(32)16-3-9-19(10-4-16)33-23(25)26;1-4-24-16(18)20-17(23)19-14-5-7-15(8-6-14)22-11-9-21(10-12-22)13(2)3;10-5-8(13)6-1-3-7(4-2-6)14-9(11)12;;/h3-10,15,23H,11-14,27H2,1-2H3,(H,28,29);5-8,13H,4,9-12H2,1-3H3,(H3,18,19,20,23);1-4,9H,5H2;1H;1H3. The molecular formula is C50H65Br2F4N10O4PS3. The maximum Gasteiger partial charge on any atom is 0.387 e. The number of hydrogen-bond acceptors (Lipinski definition) is 14. The summed E-state index contributed by atoms with van der Waals surface area (Å²) in [4.78, 5) is 42.4. The molecule has 0 spiro atoms. The molecule has 2 aliphatic rings. The van der Waals surface area contributed by atoms with E-state index in [1.807, 2.05) is 31.2 Å². The van der Waals surface area contributed by atoms with E-state index in [2.05, 4.69) is 118 Å². The molecule has 3 heterocycles. The van der Waals surface area contributed by atoms with Crippen LogP contribution in [0.25, 0.3) is 0 Å². The quantitative estimate of drug-likeness (QED) is 0.0140. The van der Waals surface area contributed by atoms with Crippen LogP contribution in [0, 0.1) is 0 Å². The second-order valence-electron chi connectivity index (χ2n) is 16.7. The van der Waals surface area contributed by atoms with Crippen LogP contribution in [-0.4, -0.2) is 125 Å². The van der Waals surface area contributed by atoms with Crippen LogP contribution in [-0.2, 0) is 0 Å². The van der Waals surface area contributed by atoms with Gasteiger partial charge in [-0.1, -0.05) is 46.0 Å². The van der Waals surface area contributed by atoms with Crippen LogP contribution >= 0.6 is 78.1 Å². The largest absolute Gasteiger partial charge is 0.435 e. The van der Waals surface area contributed by atoms with Gasteiger partial charge in [0.2, 0.25) is 5.78 Å². The summed E-state index contributed by atoms with van der Waals surface area (Å²) in [5, 5.41) is 7.90. The fraction of sp³-hybridized carbons (Fsp3) is 0.380. The Labute approximate surface area is 466 Å². The normalized spacial score (nSPS) is 14.0. The predicted molar refractivity (Wildman–Crippen MR) is 316 cm³/mol. The molecule has 1 atom stereocenters. The number of nitrogen functional groups attached to an aromatic ring is 1. The monoisotopic (exact) mass is 1230 g/mol. The van der Waals surface area contributed by atoms with Gasteiger partial charge in [-0.25, -0.2) is 4.98 Å². The average Bonchev–Trinajstić information content (AvgIpc) is 3.73. The number of halogens is 6. The van der Waals surface area contributed by atoms with Crippen molar-refractivity contribution in [2.24, 2.45) is 10.7 Å². The molecule has 1 unspecified atom stereocenters. The third-order valence-corrected chi connectivity index (χ3v) is 13.6. The zero-order valence-corrected chi connectivity index (χ0v) is 49.0. The molecule has 0 saturated carbocycles. The van der Waals surface area contributed by atoms with Gasteiger partial charge in [-0.3, -0.25) is 19.4 Å². The van der Waals surface area contributed by atoms with Gasteiger partial charge in [0, 0.05) is 98.3 Å². The number of thioether (sulfide) groups is 1. The minimum absolute atomic E-state index is 0. The van der Waals surface area contributed by atoms with E-state index in [1.54, 1.807) is 0 Å². The van der Waals surface area contributed by atoms with Gasteiger partial charge in [-0.15, -0.1) is 17.0 Å². The number of nitrogens with one attached hydrogen (secondary N) is 2. The first-order chi connectivity index (χ1) is 34.4. The molecule has 0 aliphatic carbocycles. The molecule has 1 aromatic heterocycles. The number of carbonyl (C=O) groups excluding carboxylic acids is 2. The number of nitrogens with two attached hydrogens (primary N) is 2. The van der Waals surface area contributed by atoms with Crippen molar-refractivity contribution in [1.82, 2.24) is 14.8 Å². The van der Waals surface area contributed by atoms with Crippen molar-refractivity contribution < 1.29 is 36.6 Å². The number of thiocarbonyl (C=S) groups is 1. The molecule has 0 amide bonds. The topological polar surface area (TPSA) is 167 Å². The molecule has 7 rings (SSSR count). The molecule has 14 nitrogen and oxygen atoms in total. The lowest BCUT2D eigenvalue weighted by Crippen LogP contribution is -2.48. The lowest BCUT2D eigenvalue weighted by atomic mass is 10.1. The molecule has 2 fully saturated rings. The number of aromatic nitrogens is 1. The number of hydrogen-bond donors (Lipinski definition) is 4. The second-order valence-corrected chi connectivity index (χ2v) is 19.9. The fourth-order valence-electron chi connectivity index (χ4n) is 7.43. The fourth-order valence-corrected chi connectivity index (χ4v) is 9.34. The summed E-state index contributed by atoms with van der Waals surface area (Å²) in [5.41, 5.74) is 16.7. The van der Waals surface area contributed by atoms with Crippen molar-refractivity contribution >= 4 is 134 Å². The zero-order valence-electron chi connectivity index (χ0n) is 41.8. The molecule has 6 N–H and O–H groups in total. The Bertz CT molecular complexity index is 2520. The van der Waals surface area contributed by atoms with Crippen molar-refractivity contribution in [1.29, 1.82) is 0 Å². The molecule has 2 aliphatic heterocycles. The third kappa shape index (κ3) is 20.5. The summed E-state index contributed by atoms with van der Waals surface area (Å²) in [6.45, 7) is 13.7. The molecule has 24 heteroatoms. The highest BCUT2D eigenvalue weighted by atomic mass is 79.9. The maximum absolute atomic E-state index is 12.8. The number of anilines is 6. The number of benzene rings is 4. The number of carbonyl (C=O) groups is 2. The first-order valence-corrected chi connectivity index (χ1v) is 26.5.